The van der Waals surface area contributed by atoms with Crippen molar-refractivity contribution in [1.82, 2.24) is 10.3 Å². The highest BCUT2D eigenvalue weighted by molar-refractivity contribution is 9.10. The highest BCUT2D eigenvalue weighted by Gasteiger charge is 2.09. The minimum atomic E-state index is -0.421. The van der Waals surface area contributed by atoms with Crippen LogP contribution in [0.1, 0.15) is 11.1 Å². The Balaban J connectivity index is 2.23. The van der Waals surface area contributed by atoms with Gasteiger partial charge in [-0.25, -0.2) is 9.37 Å². The van der Waals surface area contributed by atoms with Crippen molar-refractivity contribution in [2.75, 3.05) is 7.05 Å². The van der Waals surface area contributed by atoms with Gasteiger partial charge in [-0.05, 0) is 43.8 Å². The Bertz CT molecular complexity index is 590. The Morgan fingerprint density at radius 2 is 2.16 bits per heavy atom. The van der Waals surface area contributed by atoms with E-state index in [0.29, 0.717) is 10.4 Å². The number of hydrogen-bond donors (Lipinski definition) is 1. The molecule has 0 bridgehead atoms. The third-order valence-corrected chi connectivity index (χ3v) is 3.06. The second-order valence-corrected chi connectivity index (χ2v) is 5.09. The van der Waals surface area contributed by atoms with Gasteiger partial charge in [0.2, 0.25) is 5.88 Å². The molecule has 2 aromatic rings. The molecule has 1 aromatic heterocycles. The first-order valence-electron chi connectivity index (χ1n) is 5.83. The van der Waals surface area contributed by atoms with E-state index in [9.17, 15) is 4.39 Å². The smallest absolute Gasteiger partial charge is 0.222 e. The van der Waals surface area contributed by atoms with Gasteiger partial charge in [-0.1, -0.05) is 15.9 Å². The summed E-state index contributed by atoms with van der Waals surface area (Å²) < 4.78 is 19.8. The van der Waals surface area contributed by atoms with Crippen LogP contribution in [-0.2, 0) is 6.54 Å². The minimum absolute atomic E-state index is 0.167. The summed E-state index contributed by atoms with van der Waals surface area (Å²) in [7, 11) is 1.87. The second kappa shape index (κ2) is 6.12. The molecular weight excluding hydrogens is 311 g/mol. The summed E-state index contributed by atoms with van der Waals surface area (Å²) in [5.74, 6) is 0.163. The molecule has 0 aliphatic rings. The van der Waals surface area contributed by atoms with E-state index in [2.05, 4.69) is 26.2 Å². The number of ether oxygens (including phenoxy) is 1. The fraction of sp³-hybridized carbons (Fsp3) is 0.214. The van der Waals surface area contributed by atoms with E-state index >= 15 is 0 Å². The Labute approximate surface area is 119 Å². The molecular formula is C14H14BrFN2O. The van der Waals surface area contributed by atoms with Gasteiger partial charge in [-0.15, -0.1) is 0 Å². The Morgan fingerprint density at radius 1 is 1.37 bits per heavy atom. The number of pyridine rings is 1. The highest BCUT2D eigenvalue weighted by Crippen LogP contribution is 2.27. The number of benzene rings is 1. The van der Waals surface area contributed by atoms with Crippen molar-refractivity contribution in [3.05, 3.63) is 51.9 Å². The fourth-order valence-electron chi connectivity index (χ4n) is 1.69. The van der Waals surface area contributed by atoms with Crippen LogP contribution in [0, 0.1) is 12.7 Å². The highest BCUT2D eigenvalue weighted by atomic mass is 79.9. The molecule has 19 heavy (non-hydrogen) atoms. The fourth-order valence-corrected chi connectivity index (χ4v) is 2.02. The van der Waals surface area contributed by atoms with E-state index in [0.717, 1.165) is 17.7 Å². The Kier molecular flexibility index (Phi) is 4.50. The second-order valence-electron chi connectivity index (χ2n) is 4.17. The molecule has 0 atom stereocenters. The monoisotopic (exact) mass is 324 g/mol. The van der Waals surface area contributed by atoms with Gasteiger partial charge in [-0.2, -0.15) is 0 Å². The molecule has 0 aliphatic heterocycles. The maximum absolute atomic E-state index is 13.7. The van der Waals surface area contributed by atoms with Crippen LogP contribution in [0.3, 0.4) is 0 Å². The third-order valence-electron chi connectivity index (χ3n) is 2.57. The van der Waals surface area contributed by atoms with Gasteiger partial charge < -0.3 is 10.1 Å². The van der Waals surface area contributed by atoms with Gasteiger partial charge in [0.1, 0.15) is 0 Å². The number of nitrogens with one attached hydrogen (secondary N) is 1. The molecule has 100 valence electrons. The van der Waals surface area contributed by atoms with E-state index < -0.39 is 5.82 Å². The largest absolute Gasteiger partial charge is 0.436 e. The first kappa shape index (κ1) is 14.0. The third kappa shape index (κ3) is 3.52. The molecule has 3 nitrogen and oxygen atoms in total. The zero-order valence-corrected chi connectivity index (χ0v) is 12.3. The van der Waals surface area contributed by atoms with E-state index in [-0.39, 0.29) is 5.75 Å². The van der Waals surface area contributed by atoms with E-state index in [4.69, 9.17) is 4.74 Å². The summed E-state index contributed by atoms with van der Waals surface area (Å²) in [4.78, 5) is 4.22. The number of halogens is 2. The molecule has 0 spiro atoms. The summed E-state index contributed by atoms with van der Waals surface area (Å²) in [5.41, 5.74) is 1.93. The predicted molar refractivity (Wildman–Crippen MR) is 75.9 cm³/mol. The SMILES string of the molecule is CNCc1cnc(Oc2ccc(Br)cc2F)c(C)c1. The topological polar surface area (TPSA) is 34.2 Å². The number of rotatable bonds is 4. The van der Waals surface area contributed by atoms with Crippen molar-refractivity contribution in [2.24, 2.45) is 0 Å². The maximum atomic E-state index is 13.7. The van der Waals surface area contributed by atoms with Gasteiger partial charge in [0, 0.05) is 22.8 Å². The van der Waals surface area contributed by atoms with Crippen LogP contribution in [0.4, 0.5) is 4.39 Å². The summed E-state index contributed by atoms with van der Waals surface area (Å²) in [6.45, 7) is 2.62. The lowest BCUT2D eigenvalue weighted by molar-refractivity contribution is 0.424. The van der Waals surface area contributed by atoms with Gasteiger partial charge in [0.05, 0.1) is 0 Å². The molecule has 0 saturated heterocycles. The summed E-state index contributed by atoms with van der Waals surface area (Å²) >= 11 is 3.20. The Morgan fingerprint density at radius 3 is 2.79 bits per heavy atom. The van der Waals surface area contributed by atoms with Crippen LogP contribution >= 0.6 is 15.9 Å². The quantitative estimate of drug-likeness (QED) is 0.928. The Hall–Kier alpha value is -1.46. The molecule has 0 unspecified atom stereocenters. The molecule has 0 aliphatic carbocycles. The molecule has 1 heterocycles. The zero-order chi connectivity index (χ0) is 13.8. The van der Waals surface area contributed by atoms with Gasteiger partial charge in [0.15, 0.2) is 11.6 Å². The van der Waals surface area contributed by atoms with Crippen molar-refractivity contribution in [2.45, 2.75) is 13.5 Å². The molecule has 0 radical (unpaired) electrons. The standard InChI is InChI=1S/C14H14BrFN2O/c1-9-5-10(7-17-2)8-18-14(9)19-13-4-3-11(15)6-12(13)16/h3-6,8,17H,7H2,1-2H3. The van der Waals surface area contributed by atoms with Crippen LogP contribution in [-0.4, -0.2) is 12.0 Å². The summed E-state index contributed by atoms with van der Waals surface area (Å²) in [6.07, 6.45) is 1.72. The first-order chi connectivity index (χ1) is 9.10. The van der Waals surface area contributed by atoms with Crippen LogP contribution in [0.2, 0.25) is 0 Å². The lowest BCUT2D eigenvalue weighted by Crippen LogP contribution is -2.06. The maximum Gasteiger partial charge on any atom is 0.222 e. The van der Waals surface area contributed by atoms with Gasteiger partial charge in [-0.3, -0.25) is 0 Å². The molecule has 5 heteroatoms. The number of aromatic nitrogens is 1. The van der Waals surface area contributed by atoms with Gasteiger partial charge >= 0.3 is 0 Å². The van der Waals surface area contributed by atoms with Gasteiger partial charge in [0.25, 0.3) is 0 Å². The average Bonchev–Trinajstić information content (AvgIpc) is 2.36. The number of hydrogen-bond acceptors (Lipinski definition) is 3. The van der Waals surface area contributed by atoms with Crippen LogP contribution < -0.4 is 10.1 Å². The normalized spacial score (nSPS) is 10.5. The van der Waals surface area contributed by atoms with Crippen LogP contribution in [0.15, 0.2) is 34.9 Å². The predicted octanol–water partition coefficient (Wildman–Crippen LogP) is 3.80. The van der Waals surface area contributed by atoms with E-state index in [1.165, 1.54) is 6.07 Å². The average molecular weight is 325 g/mol. The lowest BCUT2D eigenvalue weighted by Gasteiger charge is -2.10. The summed E-state index contributed by atoms with van der Waals surface area (Å²) in [6, 6.07) is 6.63. The minimum Gasteiger partial charge on any atom is -0.436 e. The lowest BCUT2D eigenvalue weighted by atomic mass is 10.2. The van der Waals surface area contributed by atoms with Crippen LogP contribution in [0.25, 0.3) is 0 Å². The summed E-state index contributed by atoms with van der Waals surface area (Å²) in [5, 5.41) is 3.05. The molecule has 0 amide bonds. The van der Waals surface area contributed by atoms with Crippen molar-refractivity contribution in [3.63, 3.8) is 0 Å². The number of nitrogens with zero attached hydrogens (tertiary/aromatic N) is 1. The van der Waals surface area contributed by atoms with Crippen LogP contribution in [0.5, 0.6) is 11.6 Å². The molecule has 1 N–H and O–H groups in total. The van der Waals surface area contributed by atoms with Crippen molar-refractivity contribution in [1.29, 1.82) is 0 Å². The molecule has 2 rings (SSSR count). The van der Waals surface area contributed by atoms with Crippen molar-refractivity contribution >= 4 is 15.9 Å². The molecule has 1 aromatic carbocycles. The van der Waals surface area contributed by atoms with E-state index in [1.54, 1.807) is 18.3 Å². The van der Waals surface area contributed by atoms with Crippen molar-refractivity contribution < 1.29 is 9.13 Å². The first-order valence-corrected chi connectivity index (χ1v) is 6.62. The molecule has 0 saturated carbocycles. The number of aryl methyl sites for hydroxylation is 1. The van der Waals surface area contributed by atoms with E-state index in [1.807, 2.05) is 20.0 Å². The molecule has 0 fully saturated rings. The van der Waals surface area contributed by atoms with Crippen molar-refractivity contribution in [3.8, 4) is 11.6 Å². The zero-order valence-electron chi connectivity index (χ0n) is 10.7.